The van der Waals surface area contributed by atoms with Gasteiger partial charge >= 0.3 is 0 Å². The van der Waals surface area contributed by atoms with E-state index in [1.165, 1.54) is 36.8 Å². The van der Waals surface area contributed by atoms with Crippen molar-refractivity contribution in [3.8, 4) is 5.75 Å². The van der Waals surface area contributed by atoms with E-state index in [-0.39, 0.29) is 5.41 Å². The van der Waals surface area contributed by atoms with Gasteiger partial charge in [-0.05, 0) is 71.5 Å². The molecule has 0 saturated heterocycles. The van der Waals surface area contributed by atoms with Crippen LogP contribution in [-0.2, 0) is 18.3 Å². The summed E-state index contributed by atoms with van der Waals surface area (Å²) in [6.07, 6.45) is 7.34. The van der Waals surface area contributed by atoms with Gasteiger partial charge in [-0.1, -0.05) is 54.0 Å². The fourth-order valence-electron chi connectivity index (χ4n) is 5.90. The molecule has 0 heterocycles. The molecular weight excluding hydrogens is 280 g/mol. The molecule has 1 nitrogen and oxygen atoms in total. The number of hydrogen-bond donors (Lipinski definition) is 1. The Labute approximate surface area is 142 Å². The van der Waals surface area contributed by atoms with Crippen molar-refractivity contribution in [1.82, 2.24) is 0 Å². The van der Waals surface area contributed by atoms with Gasteiger partial charge in [0.1, 0.15) is 5.75 Å². The maximum atomic E-state index is 10.8. The van der Waals surface area contributed by atoms with E-state index in [0.29, 0.717) is 17.1 Å². The molecule has 3 rings (SSSR count). The molecule has 0 spiro atoms. The van der Waals surface area contributed by atoms with Crippen LogP contribution < -0.4 is 0 Å². The molecule has 0 aromatic heterocycles. The lowest BCUT2D eigenvalue weighted by molar-refractivity contribution is 0.0404. The van der Waals surface area contributed by atoms with E-state index in [0.717, 1.165) is 24.3 Å². The number of benzene rings is 1. The van der Waals surface area contributed by atoms with Gasteiger partial charge in [0.2, 0.25) is 0 Å². The van der Waals surface area contributed by atoms with Gasteiger partial charge in [-0.2, -0.15) is 0 Å². The monoisotopic (exact) mass is 314 g/mol. The van der Waals surface area contributed by atoms with Crippen LogP contribution in [0.5, 0.6) is 5.75 Å². The average Bonchev–Trinajstić information content (AvgIpc) is 2.45. The van der Waals surface area contributed by atoms with Crippen molar-refractivity contribution >= 4 is 0 Å². The Balaban J connectivity index is 2.24. The first-order chi connectivity index (χ1) is 10.7. The Hall–Kier alpha value is -0.980. The van der Waals surface area contributed by atoms with Crippen LogP contribution in [0, 0.1) is 11.3 Å². The minimum Gasteiger partial charge on any atom is -0.507 e. The quantitative estimate of drug-likeness (QED) is 0.698. The number of phenolic OH excluding ortho intramolecular Hbond substituents is 1. The molecule has 23 heavy (non-hydrogen) atoms. The third-order valence-corrected chi connectivity index (χ3v) is 7.01. The summed E-state index contributed by atoms with van der Waals surface area (Å²) in [5.74, 6) is 1.75. The smallest absolute Gasteiger partial charge is 0.122 e. The third kappa shape index (κ3) is 2.42. The predicted octanol–water partition coefficient (Wildman–Crippen LogP) is 6.11. The molecular formula is C22H34O. The molecule has 0 bridgehead atoms. The minimum absolute atomic E-state index is 0.288. The Morgan fingerprint density at radius 2 is 1.91 bits per heavy atom. The lowest BCUT2D eigenvalue weighted by atomic mass is 9.50. The summed E-state index contributed by atoms with van der Waals surface area (Å²) in [7, 11) is 0. The fraction of sp³-hybridized carbons (Fsp3) is 0.727. The standard InChI is InChI=1S/C22H34O/c1-7-15-13-17-16(19(14(2)3)20(15)23)9-10-18-21(4,5)11-8-12-22(17,18)6/h13-14,18,23H,7-12H2,1-6H3. The fourth-order valence-corrected chi connectivity index (χ4v) is 5.90. The van der Waals surface area contributed by atoms with Crippen LogP contribution in [0.15, 0.2) is 6.07 Å². The predicted molar refractivity (Wildman–Crippen MR) is 98.4 cm³/mol. The highest BCUT2D eigenvalue weighted by Gasteiger charge is 2.50. The summed E-state index contributed by atoms with van der Waals surface area (Å²) < 4.78 is 0. The summed E-state index contributed by atoms with van der Waals surface area (Å²) in [6.45, 7) is 14.1. The summed E-state index contributed by atoms with van der Waals surface area (Å²) in [6, 6.07) is 2.37. The van der Waals surface area contributed by atoms with Gasteiger partial charge < -0.3 is 5.11 Å². The molecule has 1 aromatic rings. The number of phenols is 1. The highest BCUT2D eigenvalue weighted by Crippen LogP contribution is 2.58. The van der Waals surface area contributed by atoms with Crippen LogP contribution in [-0.4, -0.2) is 5.11 Å². The number of aromatic hydroxyl groups is 1. The molecule has 0 amide bonds. The van der Waals surface area contributed by atoms with E-state index < -0.39 is 0 Å². The molecule has 1 heteroatoms. The van der Waals surface area contributed by atoms with Gasteiger partial charge in [-0.25, -0.2) is 0 Å². The summed E-state index contributed by atoms with van der Waals surface area (Å²) in [4.78, 5) is 0. The highest BCUT2D eigenvalue weighted by molar-refractivity contribution is 5.55. The van der Waals surface area contributed by atoms with Crippen LogP contribution in [0.25, 0.3) is 0 Å². The number of hydrogen-bond acceptors (Lipinski definition) is 1. The van der Waals surface area contributed by atoms with Gasteiger partial charge in [0.15, 0.2) is 0 Å². The van der Waals surface area contributed by atoms with Gasteiger partial charge in [-0.15, -0.1) is 0 Å². The van der Waals surface area contributed by atoms with Gasteiger partial charge in [0.05, 0.1) is 0 Å². The summed E-state index contributed by atoms with van der Waals surface area (Å²) in [5.41, 5.74) is 6.16. The van der Waals surface area contributed by atoms with Crippen LogP contribution in [0.1, 0.15) is 95.4 Å². The molecule has 0 aliphatic heterocycles. The molecule has 1 saturated carbocycles. The molecule has 1 fully saturated rings. The Bertz CT molecular complexity index is 611. The first-order valence-electron chi connectivity index (χ1n) is 9.60. The first kappa shape index (κ1) is 16.9. The summed E-state index contributed by atoms with van der Waals surface area (Å²) in [5, 5.41) is 10.8. The number of rotatable bonds is 2. The minimum atomic E-state index is 0.288. The van der Waals surface area contributed by atoms with E-state index in [2.05, 4.69) is 47.6 Å². The Kier molecular flexibility index (Phi) is 4.06. The maximum absolute atomic E-state index is 10.8. The third-order valence-electron chi connectivity index (χ3n) is 7.01. The molecule has 2 aliphatic rings. The van der Waals surface area contributed by atoms with Crippen LogP contribution in [0.2, 0.25) is 0 Å². The van der Waals surface area contributed by atoms with Crippen molar-refractivity contribution in [3.05, 3.63) is 28.3 Å². The van der Waals surface area contributed by atoms with Gasteiger partial charge in [0, 0.05) is 5.56 Å². The average molecular weight is 315 g/mol. The van der Waals surface area contributed by atoms with E-state index in [1.54, 1.807) is 5.56 Å². The molecule has 1 aromatic carbocycles. The van der Waals surface area contributed by atoms with Crippen molar-refractivity contribution < 1.29 is 5.11 Å². The second kappa shape index (κ2) is 5.53. The topological polar surface area (TPSA) is 20.2 Å². The van der Waals surface area contributed by atoms with Gasteiger partial charge in [-0.3, -0.25) is 0 Å². The van der Waals surface area contributed by atoms with E-state index in [1.807, 2.05) is 0 Å². The van der Waals surface area contributed by atoms with E-state index in [9.17, 15) is 5.11 Å². The highest BCUT2D eigenvalue weighted by atomic mass is 16.3. The van der Waals surface area contributed by atoms with Crippen LogP contribution >= 0.6 is 0 Å². The van der Waals surface area contributed by atoms with Crippen molar-refractivity contribution in [2.75, 3.05) is 0 Å². The molecule has 2 atom stereocenters. The maximum Gasteiger partial charge on any atom is 0.122 e. The Morgan fingerprint density at radius 1 is 1.22 bits per heavy atom. The molecule has 1 N–H and O–H groups in total. The van der Waals surface area contributed by atoms with Crippen molar-refractivity contribution in [1.29, 1.82) is 0 Å². The first-order valence-corrected chi connectivity index (χ1v) is 9.60. The zero-order valence-electron chi connectivity index (χ0n) is 15.9. The number of aryl methyl sites for hydroxylation is 1. The lowest BCUT2D eigenvalue weighted by Crippen LogP contribution is -2.48. The van der Waals surface area contributed by atoms with Crippen LogP contribution in [0.3, 0.4) is 0 Å². The molecule has 0 radical (unpaired) electrons. The molecule has 2 aliphatic carbocycles. The van der Waals surface area contributed by atoms with Crippen molar-refractivity contribution in [2.45, 2.75) is 91.4 Å². The molecule has 2 unspecified atom stereocenters. The van der Waals surface area contributed by atoms with E-state index in [4.69, 9.17) is 0 Å². The normalized spacial score (nSPS) is 29.3. The second-order valence-corrected chi connectivity index (χ2v) is 9.18. The van der Waals surface area contributed by atoms with Crippen molar-refractivity contribution in [3.63, 3.8) is 0 Å². The van der Waals surface area contributed by atoms with E-state index >= 15 is 0 Å². The summed E-state index contributed by atoms with van der Waals surface area (Å²) >= 11 is 0. The Morgan fingerprint density at radius 3 is 2.52 bits per heavy atom. The molecule has 128 valence electrons. The lowest BCUT2D eigenvalue weighted by Gasteiger charge is -2.55. The van der Waals surface area contributed by atoms with Crippen LogP contribution in [0.4, 0.5) is 0 Å². The zero-order chi connectivity index (χ0) is 17.0. The second-order valence-electron chi connectivity index (χ2n) is 9.18. The van der Waals surface area contributed by atoms with Crippen molar-refractivity contribution in [2.24, 2.45) is 11.3 Å². The zero-order valence-corrected chi connectivity index (χ0v) is 15.9. The largest absolute Gasteiger partial charge is 0.507 e. The van der Waals surface area contributed by atoms with Gasteiger partial charge in [0.25, 0.3) is 0 Å². The SMILES string of the molecule is CCc1cc2c(c(C(C)C)c1O)CCC1C(C)(C)CCCC21C. The number of fused-ring (bicyclic) bond motifs is 3.